The van der Waals surface area contributed by atoms with Crippen molar-refractivity contribution in [2.45, 2.75) is 38.6 Å². The average molecular weight is 271 g/mol. The summed E-state index contributed by atoms with van der Waals surface area (Å²) in [6, 6.07) is 11.3. The van der Waals surface area contributed by atoms with Gasteiger partial charge in [-0.2, -0.15) is 5.26 Å². The highest BCUT2D eigenvalue weighted by molar-refractivity contribution is 5.27. The lowest BCUT2D eigenvalue weighted by atomic mass is 9.90. The Morgan fingerprint density at radius 3 is 2.35 bits per heavy atom. The lowest BCUT2D eigenvalue weighted by Gasteiger charge is -2.39. The molecular weight excluding hydrogens is 246 g/mol. The van der Waals surface area contributed by atoms with Crippen LogP contribution in [0.25, 0.3) is 0 Å². The molecule has 0 bridgehead atoms. The summed E-state index contributed by atoms with van der Waals surface area (Å²) in [5, 5.41) is 13.0. The minimum absolute atomic E-state index is 0.401. The molecule has 0 amide bonds. The predicted octanol–water partition coefficient (Wildman–Crippen LogP) is 2.54. The number of nitrogens with zero attached hydrogens (tertiary/aromatic N) is 2. The van der Waals surface area contributed by atoms with Gasteiger partial charge in [0.1, 0.15) is 5.54 Å². The molecule has 0 saturated carbocycles. The first-order chi connectivity index (χ1) is 9.55. The largest absolute Gasteiger partial charge is 0.314 e. The Morgan fingerprint density at radius 1 is 1.25 bits per heavy atom. The second-order valence-electron chi connectivity index (χ2n) is 6.20. The molecule has 0 radical (unpaired) electrons. The summed E-state index contributed by atoms with van der Waals surface area (Å²) in [7, 11) is 0. The first-order valence-corrected chi connectivity index (χ1v) is 7.51. The van der Waals surface area contributed by atoms with Crippen LogP contribution in [0.4, 0.5) is 0 Å². The molecule has 2 rings (SSSR count). The fourth-order valence-electron chi connectivity index (χ4n) is 2.80. The number of hydrogen-bond donors (Lipinski definition) is 1. The van der Waals surface area contributed by atoms with E-state index in [0.29, 0.717) is 5.92 Å². The average Bonchev–Trinajstić information content (AvgIpc) is 2.48. The van der Waals surface area contributed by atoms with E-state index in [4.69, 9.17) is 0 Å². The van der Waals surface area contributed by atoms with E-state index in [1.165, 1.54) is 11.1 Å². The van der Waals surface area contributed by atoms with Gasteiger partial charge in [-0.25, -0.2) is 0 Å². The van der Waals surface area contributed by atoms with Crippen molar-refractivity contribution in [1.82, 2.24) is 10.2 Å². The van der Waals surface area contributed by atoms with E-state index < -0.39 is 5.54 Å². The van der Waals surface area contributed by atoms with Gasteiger partial charge in [-0.05, 0) is 24.0 Å². The second-order valence-corrected chi connectivity index (χ2v) is 6.20. The molecule has 0 aromatic heterocycles. The van der Waals surface area contributed by atoms with Crippen molar-refractivity contribution in [3.63, 3.8) is 0 Å². The van der Waals surface area contributed by atoms with Gasteiger partial charge in [0, 0.05) is 32.6 Å². The van der Waals surface area contributed by atoms with Crippen LogP contribution in [0.15, 0.2) is 24.3 Å². The maximum atomic E-state index is 9.63. The number of piperazine rings is 1. The highest BCUT2D eigenvalue weighted by Crippen LogP contribution is 2.22. The summed E-state index contributed by atoms with van der Waals surface area (Å²) in [6.45, 7) is 10.3. The van der Waals surface area contributed by atoms with Gasteiger partial charge in [-0.1, -0.05) is 38.1 Å². The summed E-state index contributed by atoms with van der Waals surface area (Å²) in [6.07, 6.45) is 0.794. The smallest absolute Gasteiger partial charge is 0.110 e. The van der Waals surface area contributed by atoms with Crippen molar-refractivity contribution >= 4 is 0 Å². The minimum Gasteiger partial charge on any atom is -0.314 e. The number of nitrogens with one attached hydrogen (secondary N) is 1. The Hall–Kier alpha value is -1.37. The summed E-state index contributed by atoms with van der Waals surface area (Å²) in [5.41, 5.74) is 2.20. The zero-order chi connectivity index (χ0) is 14.6. The first kappa shape index (κ1) is 15.0. The maximum Gasteiger partial charge on any atom is 0.110 e. The van der Waals surface area contributed by atoms with Gasteiger partial charge < -0.3 is 5.32 Å². The number of rotatable bonds is 4. The summed E-state index contributed by atoms with van der Waals surface area (Å²) in [4.78, 5) is 2.31. The molecule has 3 heteroatoms. The molecule has 1 atom stereocenters. The number of hydrogen-bond acceptors (Lipinski definition) is 3. The second kappa shape index (κ2) is 6.39. The standard InChI is InChI=1S/C17H25N3/c1-14(2)16-6-4-15(5-7-16)12-17(3,13-18)20-10-8-19-9-11-20/h4-7,14,19H,8-12H2,1-3H3. The van der Waals surface area contributed by atoms with Gasteiger partial charge in [0.15, 0.2) is 0 Å². The van der Waals surface area contributed by atoms with Gasteiger partial charge in [0.2, 0.25) is 0 Å². The van der Waals surface area contributed by atoms with E-state index in [0.717, 1.165) is 32.6 Å². The van der Waals surface area contributed by atoms with Crippen molar-refractivity contribution in [2.24, 2.45) is 0 Å². The Morgan fingerprint density at radius 2 is 1.85 bits per heavy atom. The molecule has 108 valence electrons. The topological polar surface area (TPSA) is 39.1 Å². The first-order valence-electron chi connectivity index (χ1n) is 7.51. The molecule has 1 aliphatic heterocycles. The Balaban J connectivity index is 2.10. The highest BCUT2D eigenvalue weighted by Gasteiger charge is 2.32. The Bertz CT molecular complexity index is 466. The molecule has 1 fully saturated rings. The molecule has 1 aliphatic rings. The third kappa shape index (κ3) is 3.39. The number of benzene rings is 1. The van der Waals surface area contributed by atoms with Gasteiger partial charge >= 0.3 is 0 Å². The van der Waals surface area contributed by atoms with Crippen LogP contribution in [-0.2, 0) is 6.42 Å². The van der Waals surface area contributed by atoms with E-state index in [9.17, 15) is 5.26 Å². The van der Waals surface area contributed by atoms with Crippen LogP contribution in [0.3, 0.4) is 0 Å². The molecule has 0 spiro atoms. The summed E-state index contributed by atoms with van der Waals surface area (Å²) < 4.78 is 0. The molecule has 1 N–H and O–H groups in total. The van der Waals surface area contributed by atoms with Crippen molar-refractivity contribution in [2.75, 3.05) is 26.2 Å². The normalized spacial score (nSPS) is 19.6. The lowest BCUT2D eigenvalue weighted by Crippen LogP contribution is -2.55. The summed E-state index contributed by atoms with van der Waals surface area (Å²) in [5.74, 6) is 0.555. The SMILES string of the molecule is CC(C)c1ccc(CC(C)(C#N)N2CCNCC2)cc1. The molecule has 1 aromatic rings. The van der Waals surface area contributed by atoms with Crippen LogP contribution in [0, 0.1) is 11.3 Å². The van der Waals surface area contributed by atoms with Crippen molar-refractivity contribution < 1.29 is 0 Å². The van der Waals surface area contributed by atoms with Crippen LogP contribution < -0.4 is 5.32 Å². The highest BCUT2D eigenvalue weighted by atomic mass is 15.2. The zero-order valence-corrected chi connectivity index (χ0v) is 12.8. The van der Waals surface area contributed by atoms with Crippen LogP contribution in [-0.4, -0.2) is 36.6 Å². The van der Waals surface area contributed by atoms with E-state index in [1.54, 1.807) is 0 Å². The van der Waals surface area contributed by atoms with Gasteiger partial charge in [0.05, 0.1) is 6.07 Å². The number of nitriles is 1. The molecule has 0 aliphatic carbocycles. The molecule has 20 heavy (non-hydrogen) atoms. The van der Waals surface area contributed by atoms with Crippen LogP contribution in [0.2, 0.25) is 0 Å². The minimum atomic E-state index is -0.401. The van der Waals surface area contributed by atoms with E-state index in [1.807, 2.05) is 0 Å². The third-order valence-corrected chi connectivity index (χ3v) is 4.25. The fraction of sp³-hybridized carbons (Fsp3) is 0.588. The molecule has 1 aromatic carbocycles. The van der Waals surface area contributed by atoms with Crippen LogP contribution in [0.5, 0.6) is 0 Å². The lowest BCUT2D eigenvalue weighted by molar-refractivity contribution is 0.132. The molecule has 3 nitrogen and oxygen atoms in total. The maximum absolute atomic E-state index is 9.63. The third-order valence-electron chi connectivity index (χ3n) is 4.25. The zero-order valence-electron chi connectivity index (χ0n) is 12.8. The summed E-state index contributed by atoms with van der Waals surface area (Å²) >= 11 is 0. The van der Waals surface area contributed by atoms with Crippen molar-refractivity contribution in [3.05, 3.63) is 35.4 Å². The van der Waals surface area contributed by atoms with Gasteiger partial charge in [-0.3, -0.25) is 4.90 Å². The quantitative estimate of drug-likeness (QED) is 0.914. The van der Waals surface area contributed by atoms with E-state index in [2.05, 4.69) is 61.3 Å². The predicted molar refractivity (Wildman–Crippen MR) is 82.7 cm³/mol. The van der Waals surface area contributed by atoms with Gasteiger partial charge in [-0.15, -0.1) is 0 Å². The van der Waals surface area contributed by atoms with Crippen LogP contribution >= 0.6 is 0 Å². The Labute approximate surface area is 122 Å². The fourth-order valence-corrected chi connectivity index (χ4v) is 2.80. The molecule has 1 unspecified atom stereocenters. The van der Waals surface area contributed by atoms with Crippen LogP contribution in [0.1, 0.15) is 37.8 Å². The van der Waals surface area contributed by atoms with E-state index >= 15 is 0 Å². The van der Waals surface area contributed by atoms with E-state index in [-0.39, 0.29) is 0 Å². The monoisotopic (exact) mass is 271 g/mol. The molecule has 1 heterocycles. The van der Waals surface area contributed by atoms with Crippen molar-refractivity contribution in [3.8, 4) is 6.07 Å². The molecule has 1 saturated heterocycles. The molecular formula is C17H25N3. The van der Waals surface area contributed by atoms with Gasteiger partial charge in [0.25, 0.3) is 0 Å². The van der Waals surface area contributed by atoms with Crippen molar-refractivity contribution in [1.29, 1.82) is 5.26 Å². The Kier molecular flexibility index (Phi) is 4.80.